The summed E-state index contributed by atoms with van der Waals surface area (Å²) in [4.78, 5) is 25.1. The van der Waals surface area contributed by atoms with Gasteiger partial charge in [-0.3, -0.25) is 9.59 Å². The maximum atomic E-state index is 12.2. The lowest BCUT2D eigenvalue weighted by Gasteiger charge is -2.41. The summed E-state index contributed by atoms with van der Waals surface area (Å²) in [7, 11) is 1.30. The lowest BCUT2D eigenvalue weighted by Crippen LogP contribution is -2.50. The first-order valence-electron chi connectivity index (χ1n) is 9.56. The van der Waals surface area contributed by atoms with Crippen LogP contribution in [0.5, 0.6) is 0 Å². The predicted molar refractivity (Wildman–Crippen MR) is 97.5 cm³/mol. The number of esters is 1. The highest BCUT2D eigenvalue weighted by Gasteiger charge is 2.37. The molecule has 1 aliphatic heterocycles. The van der Waals surface area contributed by atoms with Crippen molar-refractivity contribution in [2.24, 2.45) is 0 Å². The number of methoxy groups -OCH3 is 1. The monoisotopic (exact) mass is 407 g/mol. The molecule has 0 saturated carbocycles. The van der Waals surface area contributed by atoms with Crippen LogP contribution in [0.25, 0.3) is 0 Å². The largest absolute Gasteiger partial charge is 0.469 e. The summed E-state index contributed by atoms with van der Waals surface area (Å²) < 4.78 is 26.8. The van der Waals surface area contributed by atoms with Crippen LogP contribution in [0.1, 0.15) is 25.7 Å². The first-order chi connectivity index (χ1) is 13.6. The van der Waals surface area contributed by atoms with Gasteiger partial charge in [0.1, 0.15) is 0 Å². The van der Waals surface area contributed by atoms with Crippen LogP contribution in [0.3, 0.4) is 0 Å². The van der Waals surface area contributed by atoms with Crippen LogP contribution in [0.2, 0.25) is 0 Å². The SMILES string of the molecule is COC(=O)CCC(=O)N1CCC(OCCOCCO)(OCCOCCO)CC1. The molecular weight excluding hydrogens is 374 g/mol. The Labute approximate surface area is 165 Å². The number of carbonyl (C=O) groups is 2. The van der Waals surface area contributed by atoms with Gasteiger partial charge in [-0.25, -0.2) is 0 Å². The molecule has 0 aromatic rings. The van der Waals surface area contributed by atoms with Gasteiger partial charge in [0.2, 0.25) is 5.91 Å². The van der Waals surface area contributed by atoms with Gasteiger partial charge in [0.15, 0.2) is 5.79 Å². The van der Waals surface area contributed by atoms with Crippen LogP contribution in [0.4, 0.5) is 0 Å². The van der Waals surface area contributed by atoms with Gasteiger partial charge in [-0.05, 0) is 0 Å². The number of likely N-dealkylation sites (tertiary alicyclic amines) is 1. The molecule has 0 unspecified atom stereocenters. The molecule has 2 N–H and O–H groups in total. The van der Waals surface area contributed by atoms with Crippen molar-refractivity contribution in [2.75, 3.05) is 73.1 Å². The maximum absolute atomic E-state index is 12.2. The third-order valence-electron chi connectivity index (χ3n) is 4.31. The summed E-state index contributed by atoms with van der Waals surface area (Å²) in [6, 6.07) is 0. The van der Waals surface area contributed by atoms with Crippen LogP contribution < -0.4 is 0 Å². The van der Waals surface area contributed by atoms with Gasteiger partial charge in [-0.15, -0.1) is 0 Å². The predicted octanol–water partition coefficient (Wildman–Crippen LogP) is -0.691. The normalized spacial score (nSPS) is 16.2. The van der Waals surface area contributed by atoms with Gasteiger partial charge in [-0.2, -0.15) is 0 Å². The van der Waals surface area contributed by atoms with Crippen molar-refractivity contribution in [3.05, 3.63) is 0 Å². The third-order valence-corrected chi connectivity index (χ3v) is 4.31. The summed E-state index contributed by atoms with van der Waals surface area (Å²) in [5.74, 6) is -1.35. The second-order valence-corrected chi connectivity index (χ2v) is 6.24. The standard InChI is InChI=1S/C18H33NO9/c1-24-17(23)3-2-16(22)19-6-4-18(5-7-19,27-14-12-25-10-8-20)28-15-13-26-11-9-21/h20-21H,2-15H2,1H3. The smallest absolute Gasteiger partial charge is 0.306 e. The number of aliphatic hydroxyl groups is 2. The van der Waals surface area contributed by atoms with E-state index in [1.807, 2.05) is 0 Å². The Morgan fingerprint density at radius 2 is 1.39 bits per heavy atom. The number of piperidine rings is 1. The number of amides is 1. The van der Waals surface area contributed by atoms with Crippen LogP contribution in [-0.4, -0.2) is 106 Å². The number of nitrogens with zero attached hydrogens (tertiary/aromatic N) is 1. The van der Waals surface area contributed by atoms with Crippen molar-refractivity contribution in [1.29, 1.82) is 0 Å². The molecule has 0 aromatic heterocycles. The van der Waals surface area contributed by atoms with Crippen LogP contribution in [-0.2, 0) is 33.3 Å². The Bertz CT molecular complexity index is 423. The average Bonchev–Trinajstić information content (AvgIpc) is 2.72. The molecule has 28 heavy (non-hydrogen) atoms. The molecule has 10 nitrogen and oxygen atoms in total. The summed E-state index contributed by atoms with van der Waals surface area (Å²) >= 11 is 0. The molecule has 0 aromatic carbocycles. The Morgan fingerprint density at radius 1 is 0.857 bits per heavy atom. The van der Waals surface area contributed by atoms with Crippen molar-refractivity contribution in [2.45, 2.75) is 31.5 Å². The molecule has 1 fully saturated rings. The molecule has 10 heteroatoms. The number of aliphatic hydroxyl groups excluding tert-OH is 2. The summed E-state index contributed by atoms with van der Waals surface area (Å²) in [5, 5.41) is 17.5. The van der Waals surface area contributed by atoms with Gasteiger partial charge in [0, 0.05) is 32.4 Å². The van der Waals surface area contributed by atoms with Gasteiger partial charge < -0.3 is 38.8 Å². The Balaban J connectivity index is 2.47. The van der Waals surface area contributed by atoms with E-state index in [2.05, 4.69) is 4.74 Å². The molecule has 0 radical (unpaired) electrons. The summed E-state index contributed by atoms with van der Waals surface area (Å²) in [5.41, 5.74) is 0. The molecule has 0 bridgehead atoms. The minimum absolute atomic E-state index is 0.0491. The third kappa shape index (κ3) is 9.76. The fourth-order valence-electron chi connectivity index (χ4n) is 2.80. The fraction of sp³-hybridized carbons (Fsp3) is 0.889. The molecule has 1 rings (SSSR count). The molecule has 0 atom stereocenters. The topological polar surface area (TPSA) is 124 Å². The van der Waals surface area contributed by atoms with Crippen molar-refractivity contribution in [3.63, 3.8) is 0 Å². The summed E-state index contributed by atoms with van der Waals surface area (Å²) in [6.45, 7) is 2.55. The zero-order valence-electron chi connectivity index (χ0n) is 16.6. The van der Waals surface area contributed by atoms with Crippen LogP contribution in [0.15, 0.2) is 0 Å². The molecule has 1 saturated heterocycles. The van der Waals surface area contributed by atoms with E-state index < -0.39 is 11.8 Å². The van der Waals surface area contributed by atoms with E-state index in [0.717, 1.165) is 0 Å². The summed E-state index contributed by atoms with van der Waals surface area (Å²) in [6.07, 6.45) is 1.15. The Morgan fingerprint density at radius 3 is 1.86 bits per heavy atom. The fourth-order valence-corrected chi connectivity index (χ4v) is 2.80. The van der Waals surface area contributed by atoms with E-state index in [4.69, 9.17) is 29.2 Å². The molecular formula is C18H33NO9. The van der Waals surface area contributed by atoms with E-state index in [1.54, 1.807) is 4.90 Å². The number of hydrogen-bond donors (Lipinski definition) is 2. The van der Waals surface area contributed by atoms with E-state index in [0.29, 0.717) is 52.4 Å². The van der Waals surface area contributed by atoms with Crippen molar-refractivity contribution >= 4 is 11.9 Å². The molecule has 1 aliphatic rings. The molecule has 0 aliphatic carbocycles. The highest BCUT2D eigenvalue weighted by molar-refractivity contribution is 5.81. The lowest BCUT2D eigenvalue weighted by molar-refractivity contribution is -0.263. The number of rotatable bonds is 15. The Kier molecular flexibility index (Phi) is 13.0. The maximum Gasteiger partial charge on any atom is 0.306 e. The minimum Gasteiger partial charge on any atom is -0.469 e. The molecule has 164 valence electrons. The first-order valence-corrected chi connectivity index (χ1v) is 9.56. The second-order valence-electron chi connectivity index (χ2n) is 6.24. The van der Waals surface area contributed by atoms with Gasteiger partial charge in [0.25, 0.3) is 0 Å². The van der Waals surface area contributed by atoms with Gasteiger partial charge >= 0.3 is 5.97 Å². The van der Waals surface area contributed by atoms with E-state index in [9.17, 15) is 9.59 Å². The Hall–Kier alpha value is -1.30. The quantitative estimate of drug-likeness (QED) is 0.206. The lowest BCUT2D eigenvalue weighted by atomic mass is 10.0. The van der Waals surface area contributed by atoms with E-state index in [1.165, 1.54) is 7.11 Å². The van der Waals surface area contributed by atoms with Crippen molar-refractivity contribution in [1.82, 2.24) is 4.90 Å². The van der Waals surface area contributed by atoms with Crippen molar-refractivity contribution in [3.8, 4) is 0 Å². The van der Waals surface area contributed by atoms with Crippen LogP contribution in [0, 0.1) is 0 Å². The highest BCUT2D eigenvalue weighted by atomic mass is 16.7. The second kappa shape index (κ2) is 14.7. The van der Waals surface area contributed by atoms with Gasteiger partial charge in [-0.1, -0.05) is 0 Å². The molecule has 1 amide bonds. The first kappa shape index (κ1) is 24.7. The van der Waals surface area contributed by atoms with E-state index in [-0.39, 0.29) is 45.2 Å². The highest BCUT2D eigenvalue weighted by Crippen LogP contribution is 2.28. The number of carbonyl (C=O) groups excluding carboxylic acids is 2. The van der Waals surface area contributed by atoms with Crippen LogP contribution >= 0.6 is 0 Å². The number of hydrogen-bond acceptors (Lipinski definition) is 9. The zero-order valence-corrected chi connectivity index (χ0v) is 16.6. The average molecular weight is 407 g/mol. The van der Waals surface area contributed by atoms with Crippen molar-refractivity contribution < 1.29 is 43.5 Å². The molecule has 1 heterocycles. The number of ether oxygens (including phenoxy) is 5. The van der Waals surface area contributed by atoms with E-state index >= 15 is 0 Å². The minimum atomic E-state index is -0.843. The molecule has 0 spiro atoms. The zero-order chi connectivity index (χ0) is 20.7. The van der Waals surface area contributed by atoms with Gasteiger partial charge in [0.05, 0.1) is 66.4 Å².